The van der Waals surface area contributed by atoms with E-state index in [1.165, 1.54) is 7.11 Å². The Morgan fingerprint density at radius 2 is 2.25 bits per heavy atom. The van der Waals surface area contributed by atoms with Crippen LogP contribution in [0, 0.1) is 5.92 Å². The van der Waals surface area contributed by atoms with E-state index < -0.39 is 11.6 Å². The molecular weight excluding hydrogens is 158 g/mol. The van der Waals surface area contributed by atoms with Gasteiger partial charge in [0, 0.05) is 5.54 Å². The molecule has 1 saturated carbocycles. The van der Waals surface area contributed by atoms with E-state index >= 15 is 0 Å². The van der Waals surface area contributed by atoms with Gasteiger partial charge in [0.25, 0.3) is 0 Å². The molecule has 0 radical (unpaired) electrons. The van der Waals surface area contributed by atoms with E-state index in [0.717, 1.165) is 0 Å². The molecule has 1 fully saturated rings. The fourth-order valence-corrected chi connectivity index (χ4v) is 1.53. The lowest BCUT2D eigenvalue weighted by atomic mass is 9.66. The van der Waals surface area contributed by atoms with Crippen LogP contribution in [0.15, 0.2) is 0 Å². The standard InChI is InChI=1S/C8H15NO3/c1-5(10)8(9)3-6(4-8)7(11)12-2/h5-6,10H,3-4,9H2,1-2H3/t5?,6-,8+. The van der Waals surface area contributed by atoms with Crippen molar-refractivity contribution in [3.8, 4) is 0 Å². The average Bonchev–Trinajstić information content (AvgIpc) is 1.96. The normalized spacial score (nSPS) is 36.8. The van der Waals surface area contributed by atoms with Crippen molar-refractivity contribution < 1.29 is 14.6 Å². The number of hydrogen-bond acceptors (Lipinski definition) is 4. The Kier molecular flexibility index (Phi) is 2.39. The highest BCUT2D eigenvalue weighted by molar-refractivity contribution is 5.74. The van der Waals surface area contributed by atoms with E-state index in [2.05, 4.69) is 4.74 Å². The van der Waals surface area contributed by atoms with Gasteiger partial charge in [0.1, 0.15) is 0 Å². The number of aliphatic hydroxyl groups is 1. The Morgan fingerprint density at radius 1 is 1.75 bits per heavy atom. The number of nitrogens with two attached hydrogens (primary N) is 1. The monoisotopic (exact) mass is 173 g/mol. The molecule has 0 aromatic carbocycles. The molecule has 12 heavy (non-hydrogen) atoms. The average molecular weight is 173 g/mol. The summed E-state index contributed by atoms with van der Waals surface area (Å²) in [5.74, 6) is -0.341. The third-order valence-corrected chi connectivity index (χ3v) is 2.62. The van der Waals surface area contributed by atoms with Gasteiger partial charge in [0.05, 0.1) is 19.1 Å². The van der Waals surface area contributed by atoms with Crippen molar-refractivity contribution in [2.75, 3.05) is 7.11 Å². The number of hydrogen-bond donors (Lipinski definition) is 2. The topological polar surface area (TPSA) is 72.5 Å². The second kappa shape index (κ2) is 3.03. The van der Waals surface area contributed by atoms with Crippen LogP contribution in [0.4, 0.5) is 0 Å². The third kappa shape index (κ3) is 1.44. The number of ether oxygens (including phenoxy) is 1. The van der Waals surface area contributed by atoms with Gasteiger partial charge in [-0.2, -0.15) is 0 Å². The molecule has 70 valence electrons. The predicted molar refractivity (Wildman–Crippen MR) is 43.3 cm³/mol. The third-order valence-electron chi connectivity index (χ3n) is 2.62. The van der Waals surface area contributed by atoms with Crippen LogP contribution >= 0.6 is 0 Å². The fourth-order valence-electron chi connectivity index (χ4n) is 1.53. The highest BCUT2D eigenvalue weighted by Gasteiger charge is 2.48. The Hall–Kier alpha value is -0.610. The van der Waals surface area contributed by atoms with Crippen LogP contribution < -0.4 is 5.73 Å². The molecule has 0 saturated heterocycles. The smallest absolute Gasteiger partial charge is 0.308 e. The molecule has 1 rings (SSSR count). The molecule has 0 amide bonds. The molecule has 0 aliphatic heterocycles. The quantitative estimate of drug-likeness (QED) is 0.560. The largest absolute Gasteiger partial charge is 0.469 e. The number of carbonyl (C=O) groups is 1. The van der Waals surface area contributed by atoms with Gasteiger partial charge in [-0.25, -0.2) is 0 Å². The summed E-state index contributed by atoms with van der Waals surface area (Å²) in [5, 5.41) is 9.23. The summed E-state index contributed by atoms with van der Waals surface area (Å²) in [6, 6.07) is 0. The predicted octanol–water partition coefficient (Wildman–Crippen LogP) is -0.352. The summed E-state index contributed by atoms with van der Waals surface area (Å²) in [6.07, 6.45) is 0.493. The fraction of sp³-hybridized carbons (Fsp3) is 0.875. The molecule has 1 atom stereocenters. The SMILES string of the molecule is COC(=O)[C@H]1C[C@](N)(C(C)O)C1. The minimum Gasteiger partial charge on any atom is -0.469 e. The lowest BCUT2D eigenvalue weighted by Crippen LogP contribution is -2.60. The van der Waals surface area contributed by atoms with Crippen LogP contribution in [0.25, 0.3) is 0 Å². The molecule has 4 nitrogen and oxygen atoms in total. The minimum absolute atomic E-state index is 0.116. The van der Waals surface area contributed by atoms with Gasteiger partial charge < -0.3 is 15.6 Å². The lowest BCUT2D eigenvalue weighted by Gasteiger charge is -2.45. The van der Waals surface area contributed by atoms with E-state index in [9.17, 15) is 9.90 Å². The molecule has 0 aromatic heterocycles. The van der Waals surface area contributed by atoms with Crippen molar-refractivity contribution in [2.24, 2.45) is 11.7 Å². The lowest BCUT2D eigenvalue weighted by molar-refractivity contribution is -0.153. The van der Waals surface area contributed by atoms with Gasteiger partial charge in [-0.15, -0.1) is 0 Å². The molecule has 0 bridgehead atoms. The van der Waals surface area contributed by atoms with Gasteiger partial charge >= 0.3 is 5.97 Å². The van der Waals surface area contributed by atoms with Crippen LogP contribution in [0.5, 0.6) is 0 Å². The maximum absolute atomic E-state index is 10.9. The molecule has 0 heterocycles. The summed E-state index contributed by atoms with van der Waals surface area (Å²) in [6.45, 7) is 1.65. The first-order valence-corrected chi connectivity index (χ1v) is 4.04. The summed E-state index contributed by atoms with van der Waals surface area (Å²) >= 11 is 0. The second-order valence-electron chi connectivity index (χ2n) is 3.54. The second-order valence-corrected chi connectivity index (χ2v) is 3.54. The molecule has 0 aromatic rings. The summed E-state index contributed by atoms with van der Waals surface area (Å²) < 4.78 is 4.55. The zero-order chi connectivity index (χ0) is 9.35. The van der Waals surface area contributed by atoms with Crippen LogP contribution in [0.2, 0.25) is 0 Å². The molecule has 1 unspecified atom stereocenters. The van der Waals surface area contributed by atoms with Crippen molar-refractivity contribution in [2.45, 2.75) is 31.4 Å². The van der Waals surface area contributed by atoms with Crippen molar-refractivity contribution in [1.29, 1.82) is 0 Å². The Balaban J connectivity index is 2.41. The van der Waals surface area contributed by atoms with E-state index in [0.29, 0.717) is 12.8 Å². The highest BCUT2D eigenvalue weighted by Crippen LogP contribution is 2.38. The van der Waals surface area contributed by atoms with Crippen molar-refractivity contribution in [3.05, 3.63) is 0 Å². The molecule has 0 spiro atoms. The zero-order valence-corrected chi connectivity index (χ0v) is 7.41. The zero-order valence-electron chi connectivity index (χ0n) is 7.41. The van der Waals surface area contributed by atoms with E-state index in [-0.39, 0.29) is 11.9 Å². The molecule has 3 N–H and O–H groups in total. The Morgan fingerprint density at radius 3 is 2.58 bits per heavy atom. The van der Waals surface area contributed by atoms with Crippen LogP contribution in [-0.4, -0.2) is 29.8 Å². The highest BCUT2D eigenvalue weighted by atomic mass is 16.5. The van der Waals surface area contributed by atoms with Gasteiger partial charge in [-0.05, 0) is 19.8 Å². The van der Waals surface area contributed by atoms with Crippen molar-refractivity contribution >= 4 is 5.97 Å². The van der Waals surface area contributed by atoms with Gasteiger partial charge in [-0.3, -0.25) is 4.79 Å². The Labute approximate surface area is 71.7 Å². The van der Waals surface area contributed by atoms with E-state index in [1.54, 1.807) is 6.92 Å². The molecular formula is C8H15NO3. The van der Waals surface area contributed by atoms with E-state index in [4.69, 9.17) is 5.73 Å². The first kappa shape index (κ1) is 9.48. The van der Waals surface area contributed by atoms with Crippen molar-refractivity contribution in [3.63, 3.8) is 0 Å². The summed E-state index contributed by atoms with van der Waals surface area (Å²) in [4.78, 5) is 10.9. The maximum Gasteiger partial charge on any atom is 0.308 e. The van der Waals surface area contributed by atoms with E-state index in [1.807, 2.05) is 0 Å². The number of rotatable bonds is 2. The van der Waals surface area contributed by atoms with Crippen LogP contribution in [0.1, 0.15) is 19.8 Å². The maximum atomic E-state index is 10.9. The summed E-state index contributed by atoms with van der Waals surface area (Å²) in [5.41, 5.74) is 5.20. The molecule has 4 heteroatoms. The number of carbonyl (C=O) groups excluding carboxylic acids is 1. The molecule has 1 aliphatic carbocycles. The van der Waals surface area contributed by atoms with Crippen molar-refractivity contribution in [1.82, 2.24) is 0 Å². The van der Waals surface area contributed by atoms with Gasteiger partial charge in [0.2, 0.25) is 0 Å². The summed E-state index contributed by atoms with van der Waals surface area (Å²) in [7, 11) is 1.36. The van der Waals surface area contributed by atoms with Gasteiger partial charge in [0.15, 0.2) is 0 Å². The first-order valence-electron chi connectivity index (χ1n) is 4.04. The Bertz CT molecular complexity index is 185. The number of methoxy groups -OCH3 is 1. The van der Waals surface area contributed by atoms with Crippen LogP contribution in [-0.2, 0) is 9.53 Å². The number of aliphatic hydroxyl groups excluding tert-OH is 1. The van der Waals surface area contributed by atoms with Crippen LogP contribution in [0.3, 0.4) is 0 Å². The van der Waals surface area contributed by atoms with Gasteiger partial charge in [-0.1, -0.05) is 0 Å². The first-order chi connectivity index (χ1) is 5.49. The number of esters is 1. The minimum atomic E-state index is -0.571. The molecule has 1 aliphatic rings.